The SMILES string of the molecule is CCC(COC)n1ccc2c(C)nc3c(-c4c(OC)cc(C)cc4OC)cccc3c21. The highest BCUT2D eigenvalue weighted by Crippen LogP contribution is 2.43. The van der Waals surface area contributed by atoms with E-state index in [4.69, 9.17) is 19.2 Å². The van der Waals surface area contributed by atoms with E-state index in [1.807, 2.05) is 19.1 Å². The maximum Gasteiger partial charge on any atom is 0.130 e. The summed E-state index contributed by atoms with van der Waals surface area (Å²) < 4.78 is 19.4. The van der Waals surface area contributed by atoms with Gasteiger partial charge in [-0.15, -0.1) is 0 Å². The van der Waals surface area contributed by atoms with E-state index in [0.29, 0.717) is 6.61 Å². The number of pyridine rings is 1. The Morgan fingerprint density at radius 1 is 0.968 bits per heavy atom. The van der Waals surface area contributed by atoms with Gasteiger partial charge in [0.15, 0.2) is 0 Å². The van der Waals surface area contributed by atoms with E-state index in [0.717, 1.165) is 51.2 Å². The van der Waals surface area contributed by atoms with Crippen LogP contribution in [0.3, 0.4) is 0 Å². The lowest BCUT2D eigenvalue weighted by molar-refractivity contribution is 0.155. The minimum absolute atomic E-state index is 0.264. The van der Waals surface area contributed by atoms with Crippen molar-refractivity contribution in [2.24, 2.45) is 0 Å². The Morgan fingerprint density at radius 3 is 2.29 bits per heavy atom. The summed E-state index contributed by atoms with van der Waals surface area (Å²) >= 11 is 0. The first-order valence-corrected chi connectivity index (χ1v) is 10.7. The minimum Gasteiger partial charge on any atom is -0.496 e. The van der Waals surface area contributed by atoms with Gasteiger partial charge in [0.1, 0.15) is 11.5 Å². The molecule has 0 aliphatic heterocycles. The summed E-state index contributed by atoms with van der Waals surface area (Å²) in [5, 5.41) is 2.28. The van der Waals surface area contributed by atoms with E-state index in [9.17, 15) is 0 Å². The van der Waals surface area contributed by atoms with Crippen LogP contribution in [0.5, 0.6) is 11.5 Å². The summed E-state index contributed by atoms with van der Waals surface area (Å²) in [5.74, 6) is 1.57. The van der Waals surface area contributed by atoms with Crippen LogP contribution < -0.4 is 9.47 Å². The van der Waals surface area contributed by atoms with Gasteiger partial charge in [0, 0.05) is 35.3 Å². The second-order valence-corrected chi connectivity index (χ2v) is 7.95. The van der Waals surface area contributed by atoms with E-state index in [1.165, 1.54) is 10.9 Å². The van der Waals surface area contributed by atoms with Crippen LogP contribution in [0.1, 0.15) is 30.6 Å². The lowest BCUT2D eigenvalue weighted by atomic mass is 9.97. The standard InChI is InChI=1S/C26H30N2O3/c1-7-18(15-29-4)28-12-11-19-17(3)27-25-20(9-8-10-21(25)26(19)28)24-22(30-5)13-16(2)14-23(24)31-6/h8-14,18H,7,15H2,1-6H3. The summed E-state index contributed by atoms with van der Waals surface area (Å²) in [6, 6.07) is 12.8. The number of rotatable bonds is 7. The van der Waals surface area contributed by atoms with E-state index < -0.39 is 0 Å². The molecule has 0 N–H and O–H groups in total. The van der Waals surface area contributed by atoms with Crippen LogP contribution in [0.15, 0.2) is 42.6 Å². The Bertz CT molecular complexity index is 1220. The Balaban J connectivity index is 2.09. The molecule has 4 rings (SSSR count). The average molecular weight is 419 g/mol. The molecule has 0 amide bonds. The van der Waals surface area contributed by atoms with Crippen LogP contribution in [0.2, 0.25) is 0 Å². The van der Waals surface area contributed by atoms with Gasteiger partial charge in [-0.1, -0.05) is 25.1 Å². The highest BCUT2D eigenvalue weighted by Gasteiger charge is 2.21. The lowest BCUT2D eigenvalue weighted by Gasteiger charge is -2.20. The van der Waals surface area contributed by atoms with Crippen LogP contribution in [-0.2, 0) is 4.74 Å². The number of aromatic nitrogens is 2. The van der Waals surface area contributed by atoms with Gasteiger partial charge in [-0.05, 0) is 44.0 Å². The topological polar surface area (TPSA) is 45.5 Å². The smallest absolute Gasteiger partial charge is 0.130 e. The number of methoxy groups -OCH3 is 3. The summed E-state index contributed by atoms with van der Waals surface area (Å²) in [7, 11) is 5.15. The van der Waals surface area contributed by atoms with Gasteiger partial charge in [0.25, 0.3) is 0 Å². The molecule has 0 saturated heterocycles. The predicted octanol–water partition coefficient (Wildman–Crippen LogP) is 6.09. The molecule has 31 heavy (non-hydrogen) atoms. The molecule has 2 aromatic heterocycles. The first-order chi connectivity index (χ1) is 15.0. The molecule has 162 valence electrons. The van der Waals surface area contributed by atoms with Crippen molar-refractivity contribution in [3.63, 3.8) is 0 Å². The van der Waals surface area contributed by atoms with Gasteiger partial charge in [0.05, 0.1) is 43.5 Å². The number of fused-ring (bicyclic) bond motifs is 3. The lowest BCUT2D eigenvalue weighted by Crippen LogP contribution is -2.13. The van der Waals surface area contributed by atoms with Gasteiger partial charge in [0.2, 0.25) is 0 Å². The zero-order valence-corrected chi connectivity index (χ0v) is 19.2. The summed E-state index contributed by atoms with van der Waals surface area (Å²) in [5.41, 5.74) is 6.16. The second kappa shape index (κ2) is 8.60. The number of hydrogen-bond acceptors (Lipinski definition) is 4. The first kappa shape index (κ1) is 21.2. The quantitative estimate of drug-likeness (QED) is 0.364. The number of aryl methyl sites for hydroxylation is 2. The number of nitrogens with zero attached hydrogens (tertiary/aromatic N) is 2. The van der Waals surface area contributed by atoms with Crippen LogP contribution in [0.4, 0.5) is 0 Å². The Morgan fingerprint density at radius 2 is 1.68 bits per heavy atom. The van der Waals surface area contributed by atoms with Gasteiger partial charge in [-0.2, -0.15) is 0 Å². The zero-order valence-electron chi connectivity index (χ0n) is 19.2. The Labute approximate surface area is 183 Å². The molecular weight excluding hydrogens is 388 g/mol. The molecule has 2 heterocycles. The first-order valence-electron chi connectivity index (χ1n) is 10.7. The van der Waals surface area contributed by atoms with Crippen molar-refractivity contribution >= 4 is 21.8 Å². The third-order valence-corrected chi connectivity index (χ3v) is 6.02. The summed E-state index contributed by atoms with van der Waals surface area (Å²) in [4.78, 5) is 5.04. The minimum atomic E-state index is 0.264. The molecule has 0 spiro atoms. The highest BCUT2D eigenvalue weighted by molar-refractivity contribution is 6.10. The molecule has 0 aliphatic carbocycles. The molecule has 4 aromatic rings. The maximum atomic E-state index is 5.76. The van der Waals surface area contributed by atoms with Crippen molar-refractivity contribution in [1.29, 1.82) is 0 Å². The molecule has 1 atom stereocenters. The number of para-hydroxylation sites is 1. The van der Waals surface area contributed by atoms with E-state index in [2.05, 4.69) is 48.9 Å². The van der Waals surface area contributed by atoms with Crippen LogP contribution >= 0.6 is 0 Å². The monoisotopic (exact) mass is 418 g/mol. The molecule has 2 aromatic carbocycles. The van der Waals surface area contributed by atoms with Crippen molar-refractivity contribution in [3.8, 4) is 22.6 Å². The van der Waals surface area contributed by atoms with Crippen molar-refractivity contribution in [2.75, 3.05) is 27.9 Å². The van der Waals surface area contributed by atoms with Crippen molar-refractivity contribution in [1.82, 2.24) is 9.55 Å². The molecule has 0 fully saturated rings. The van der Waals surface area contributed by atoms with Gasteiger partial charge in [-0.25, -0.2) is 0 Å². The van der Waals surface area contributed by atoms with Crippen LogP contribution in [0, 0.1) is 13.8 Å². The van der Waals surface area contributed by atoms with Crippen molar-refractivity contribution in [2.45, 2.75) is 33.2 Å². The van der Waals surface area contributed by atoms with Crippen LogP contribution in [0.25, 0.3) is 32.9 Å². The summed E-state index contributed by atoms with van der Waals surface area (Å²) in [6.45, 7) is 6.98. The fourth-order valence-electron chi connectivity index (χ4n) is 4.51. The van der Waals surface area contributed by atoms with Gasteiger partial charge < -0.3 is 18.8 Å². The van der Waals surface area contributed by atoms with Crippen molar-refractivity contribution in [3.05, 3.63) is 53.9 Å². The predicted molar refractivity (Wildman–Crippen MR) is 126 cm³/mol. The Hall–Kier alpha value is -3.05. The number of benzene rings is 2. The fourth-order valence-corrected chi connectivity index (χ4v) is 4.51. The zero-order chi connectivity index (χ0) is 22.1. The van der Waals surface area contributed by atoms with Crippen molar-refractivity contribution < 1.29 is 14.2 Å². The third kappa shape index (κ3) is 3.53. The molecule has 5 heteroatoms. The Kier molecular flexibility index (Phi) is 5.88. The van der Waals surface area contributed by atoms with E-state index in [1.54, 1.807) is 21.3 Å². The third-order valence-electron chi connectivity index (χ3n) is 6.02. The van der Waals surface area contributed by atoms with E-state index in [-0.39, 0.29) is 6.04 Å². The molecule has 0 saturated carbocycles. The average Bonchev–Trinajstić information content (AvgIpc) is 3.22. The maximum absolute atomic E-state index is 5.76. The number of hydrogen-bond donors (Lipinski definition) is 0. The fraction of sp³-hybridized carbons (Fsp3) is 0.346. The molecule has 1 unspecified atom stereocenters. The molecular formula is C26H30N2O3. The second-order valence-electron chi connectivity index (χ2n) is 7.95. The number of ether oxygens (including phenoxy) is 3. The molecule has 5 nitrogen and oxygen atoms in total. The normalized spacial score (nSPS) is 12.5. The largest absolute Gasteiger partial charge is 0.496 e. The molecule has 0 aliphatic rings. The van der Waals surface area contributed by atoms with Gasteiger partial charge in [-0.3, -0.25) is 4.98 Å². The van der Waals surface area contributed by atoms with Crippen LogP contribution in [-0.4, -0.2) is 37.5 Å². The molecule has 0 radical (unpaired) electrons. The summed E-state index contributed by atoms with van der Waals surface area (Å²) in [6.07, 6.45) is 3.14. The molecule has 0 bridgehead atoms. The highest BCUT2D eigenvalue weighted by atomic mass is 16.5. The van der Waals surface area contributed by atoms with Gasteiger partial charge >= 0.3 is 0 Å². The van der Waals surface area contributed by atoms with E-state index >= 15 is 0 Å².